The van der Waals surface area contributed by atoms with Gasteiger partial charge in [0.25, 0.3) is 17.3 Å². The van der Waals surface area contributed by atoms with E-state index in [1.807, 2.05) is 36.6 Å². The minimum atomic E-state index is -0.743. The number of anilines is 1. The summed E-state index contributed by atoms with van der Waals surface area (Å²) in [5, 5.41) is 28.0. The van der Waals surface area contributed by atoms with Gasteiger partial charge in [0.1, 0.15) is 10.6 Å². The van der Waals surface area contributed by atoms with Crippen molar-refractivity contribution in [2.45, 2.75) is 13.8 Å². The van der Waals surface area contributed by atoms with E-state index in [4.69, 9.17) is 4.98 Å². The van der Waals surface area contributed by atoms with E-state index in [1.165, 1.54) is 6.92 Å². The Labute approximate surface area is 198 Å². The van der Waals surface area contributed by atoms with Gasteiger partial charge >= 0.3 is 0 Å². The average molecular weight is 474 g/mol. The largest absolute Gasteiger partial charge is 0.322 e. The number of hydrogen-bond acceptors (Lipinski definition) is 7. The van der Waals surface area contributed by atoms with Crippen LogP contribution in [0, 0.1) is 34.1 Å². The molecule has 4 aromatic rings. The number of nitro benzene ring substituents is 2. The van der Waals surface area contributed by atoms with Gasteiger partial charge in [0.05, 0.1) is 21.1 Å². The number of aromatic nitrogens is 1. The molecule has 0 radical (unpaired) electrons. The summed E-state index contributed by atoms with van der Waals surface area (Å²) in [7, 11) is 0. The van der Waals surface area contributed by atoms with Gasteiger partial charge in [-0.1, -0.05) is 36.4 Å². The van der Waals surface area contributed by atoms with Crippen molar-refractivity contribution < 1.29 is 14.6 Å². The van der Waals surface area contributed by atoms with Crippen LogP contribution >= 0.6 is 11.3 Å². The molecule has 0 saturated heterocycles. The van der Waals surface area contributed by atoms with Crippen molar-refractivity contribution in [2.24, 2.45) is 0 Å². The second-order valence-electron chi connectivity index (χ2n) is 7.54. The highest BCUT2D eigenvalue weighted by molar-refractivity contribution is 7.13. The van der Waals surface area contributed by atoms with Crippen LogP contribution < -0.4 is 5.32 Å². The zero-order valence-electron chi connectivity index (χ0n) is 18.1. The molecule has 0 fully saturated rings. The SMILES string of the molecule is Cc1ccccc1-c1nc(-c2ccc(NC(=O)c3cc([N+](=O)[O-])c(C)c([N+](=O)[O-])c3)cc2)cs1. The summed E-state index contributed by atoms with van der Waals surface area (Å²) in [6.07, 6.45) is 0. The van der Waals surface area contributed by atoms with Gasteiger partial charge in [-0.2, -0.15) is 0 Å². The molecule has 0 bridgehead atoms. The number of hydrogen-bond donors (Lipinski definition) is 1. The zero-order valence-corrected chi connectivity index (χ0v) is 19.0. The van der Waals surface area contributed by atoms with Crippen LogP contribution in [-0.2, 0) is 0 Å². The molecule has 0 atom stereocenters. The van der Waals surface area contributed by atoms with Crippen LogP contribution in [-0.4, -0.2) is 20.7 Å². The van der Waals surface area contributed by atoms with Crippen molar-refractivity contribution in [1.82, 2.24) is 4.98 Å². The molecule has 0 unspecified atom stereocenters. The van der Waals surface area contributed by atoms with Gasteiger partial charge in [-0.05, 0) is 31.5 Å². The second kappa shape index (κ2) is 9.20. The van der Waals surface area contributed by atoms with E-state index in [0.29, 0.717) is 5.69 Å². The standard InChI is InChI=1S/C24H18N4O5S/c1-14-5-3-4-6-19(14)24-26-20(13-34-24)16-7-9-18(10-8-16)25-23(29)17-11-21(27(30)31)15(2)22(12-17)28(32)33/h3-13H,1-2H3,(H,25,29). The van der Waals surface area contributed by atoms with Crippen LogP contribution in [0.2, 0.25) is 0 Å². The minimum Gasteiger partial charge on any atom is -0.322 e. The monoisotopic (exact) mass is 474 g/mol. The number of benzene rings is 3. The lowest BCUT2D eigenvalue weighted by molar-refractivity contribution is -0.395. The average Bonchev–Trinajstić information content (AvgIpc) is 3.29. The highest BCUT2D eigenvalue weighted by Gasteiger charge is 2.25. The molecule has 3 aromatic carbocycles. The van der Waals surface area contributed by atoms with Crippen LogP contribution in [0.1, 0.15) is 21.5 Å². The number of carbonyl (C=O) groups is 1. The van der Waals surface area contributed by atoms with Crippen LogP contribution in [0.5, 0.6) is 0 Å². The topological polar surface area (TPSA) is 128 Å². The number of aryl methyl sites for hydroxylation is 1. The van der Waals surface area contributed by atoms with E-state index in [2.05, 4.69) is 5.32 Å². The third kappa shape index (κ3) is 4.52. The molecule has 0 saturated carbocycles. The first-order valence-corrected chi connectivity index (χ1v) is 11.0. The first-order chi connectivity index (χ1) is 16.2. The molecule has 34 heavy (non-hydrogen) atoms. The number of nitrogens with zero attached hydrogens (tertiary/aromatic N) is 3. The molecule has 1 heterocycles. The van der Waals surface area contributed by atoms with Crippen molar-refractivity contribution in [3.63, 3.8) is 0 Å². The molecule has 1 N–H and O–H groups in total. The number of carbonyl (C=O) groups excluding carboxylic acids is 1. The summed E-state index contributed by atoms with van der Waals surface area (Å²) in [6.45, 7) is 3.31. The Hall–Kier alpha value is -4.44. The van der Waals surface area contributed by atoms with Gasteiger partial charge in [0.15, 0.2) is 0 Å². The fraction of sp³-hybridized carbons (Fsp3) is 0.0833. The van der Waals surface area contributed by atoms with Crippen LogP contribution in [0.15, 0.2) is 66.0 Å². The summed E-state index contributed by atoms with van der Waals surface area (Å²) in [5.74, 6) is -0.686. The van der Waals surface area contributed by atoms with Gasteiger partial charge in [-0.15, -0.1) is 11.3 Å². The number of rotatable bonds is 6. The molecule has 0 spiro atoms. The Balaban J connectivity index is 1.55. The molecule has 10 heteroatoms. The second-order valence-corrected chi connectivity index (χ2v) is 8.40. The molecule has 1 amide bonds. The smallest absolute Gasteiger partial charge is 0.279 e. The van der Waals surface area contributed by atoms with Crippen molar-refractivity contribution in [3.8, 4) is 21.8 Å². The van der Waals surface area contributed by atoms with E-state index < -0.39 is 27.1 Å². The Bertz CT molecular complexity index is 1390. The van der Waals surface area contributed by atoms with E-state index in [9.17, 15) is 25.0 Å². The quantitative estimate of drug-likeness (QED) is 0.263. The normalized spacial score (nSPS) is 10.6. The number of amides is 1. The Morgan fingerprint density at radius 1 is 0.941 bits per heavy atom. The summed E-state index contributed by atoms with van der Waals surface area (Å²) in [6, 6.07) is 17.0. The van der Waals surface area contributed by atoms with Crippen LogP contribution in [0.3, 0.4) is 0 Å². The summed E-state index contributed by atoms with van der Waals surface area (Å²) < 4.78 is 0. The van der Waals surface area contributed by atoms with Crippen LogP contribution in [0.4, 0.5) is 17.1 Å². The van der Waals surface area contributed by atoms with E-state index in [1.54, 1.807) is 35.6 Å². The predicted molar refractivity (Wildman–Crippen MR) is 130 cm³/mol. The molecule has 1 aromatic heterocycles. The van der Waals surface area contributed by atoms with Crippen molar-refractivity contribution >= 4 is 34.3 Å². The Kier molecular flexibility index (Phi) is 6.15. The van der Waals surface area contributed by atoms with Gasteiger partial charge in [0.2, 0.25) is 0 Å². The minimum absolute atomic E-state index is 0.107. The Morgan fingerprint density at radius 3 is 2.15 bits per heavy atom. The van der Waals surface area contributed by atoms with Crippen molar-refractivity contribution in [1.29, 1.82) is 0 Å². The van der Waals surface area contributed by atoms with Gasteiger partial charge in [-0.25, -0.2) is 4.98 Å². The van der Waals surface area contributed by atoms with E-state index >= 15 is 0 Å². The molecule has 0 aliphatic carbocycles. The number of nitrogens with one attached hydrogen (secondary N) is 1. The third-order valence-corrected chi connectivity index (χ3v) is 6.20. The molecular weight excluding hydrogens is 456 g/mol. The molecular formula is C24H18N4O5S. The lowest BCUT2D eigenvalue weighted by atomic mass is 10.1. The Morgan fingerprint density at radius 2 is 1.56 bits per heavy atom. The van der Waals surface area contributed by atoms with E-state index in [0.717, 1.165) is 39.5 Å². The summed E-state index contributed by atoms with van der Waals surface area (Å²) in [4.78, 5) is 38.4. The van der Waals surface area contributed by atoms with Crippen molar-refractivity contribution in [3.05, 3.63) is 103 Å². The van der Waals surface area contributed by atoms with Gasteiger partial charge in [0, 0.05) is 34.3 Å². The molecule has 0 aliphatic rings. The maximum absolute atomic E-state index is 12.7. The van der Waals surface area contributed by atoms with Gasteiger partial charge in [-0.3, -0.25) is 25.0 Å². The zero-order chi connectivity index (χ0) is 24.4. The molecule has 9 nitrogen and oxygen atoms in total. The lowest BCUT2D eigenvalue weighted by Crippen LogP contribution is -2.13. The fourth-order valence-corrected chi connectivity index (χ4v) is 4.38. The van der Waals surface area contributed by atoms with Crippen molar-refractivity contribution in [2.75, 3.05) is 5.32 Å². The molecule has 170 valence electrons. The lowest BCUT2D eigenvalue weighted by Gasteiger charge is -2.07. The highest BCUT2D eigenvalue weighted by Crippen LogP contribution is 2.32. The maximum Gasteiger partial charge on any atom is 0.279 e. The molecule has 0 aliphatic heterocycles. The third-order valence-electron chi connectivity index (χ3n) is 5.33. The first-order valence-electron chi connectivity index (χ1n) is 10.1. The fourth-order valence-electron chi connectivity index (χ4n) is 3.46. The predicted octanol–water partition coefficient (Wildman–Crippen LogP) is 6.16. The highest BCUT2D eigenvalue weighted by atomic mass is 32.1. The van der Waals surface area contributed by atoms with Crippen LogP contribution in [0.25, 0.3) is 21.8 Å². The number of nitro groups is 2. The van der Waals surface area contributed by atoms with Gasteiger partial charge < -0.3 is 5.32 Å². The number of thiazole rings is 1. The summed E-state index contributed by atoms with van der Waals surface area (Å²) in [5.41, 5.74) is 3.06. The van der Waals surface area contributed by atoms with E-state index in [-0.39, 0.29) is 11.1 Å². The summed E-state index contributed by atoms with van der Waals surface area (Å²) >= 11 is 1.54. The first kappa shape index (κ1) is 22.7. The molecule has 4 rings (SSSR count). The maximum atomic E-state index is 12.7.